The highest BCUT2D eigenvalue weighted by atomic mass is 19.4. The van der Waals surface area contributed by atoms with Crippen molar-refractivity contribution in [1.29, 1.82) is 0 Å². The molecule has 2 rings (SSSR count). The van der Waals surface area contributed by atoms with E-state index in [0.29, 0.717) is 12.6 Å². The van der Waals surface area contributed by atoms with Crippen LogP contribution in [0, 0.1) is 10.1 Å². The van der Waals surface area contributed by atoms with Gasteiger partial charge in [-0.1, -0.05) is 0 Å². The zero-order chi connectivity index (χ0) is 19.2. The lowest BCUT2D eigenvalue weighted by Gasteiger charge is -2.10. The van der Waals surface area contributed by atoms with Crippen LogP contribution in [0.25, 0.3) is 0 Å². The van der Waals surface area contributed by atoms with Crippen LogP contribution in [-0.2, 0) is 17.5 Å². The summed E-state index contributed by atoms with van der Waals surface area (Å²) in [5.74, 6) is -0.302. The maximum absolute atomic E-state index is 12.6. The van der Waals surface area contributed by atoms with Crippen LogP contribution in [0.1, 0.15) is 17.5 Å². The van der Waals surface area contributed by atoms with Crippen LogP contribution in [0.5, 0.6) is 0 Å². The van der Waals surface area contributed by atoms with E-state index >= 15 is 0 Å². The minimum Gasteiger partial charge on any atom is -0.379 e. The number of rotatable bonds is 7. The molecule has 2 N–H and O–H groups in total. The number of pyridine rings is 1. The summed E-state index contributed by atoms with van der Waals surface area (Å²) in [6, 6.07) is 5.68. The van der Waals surface area contributed by atoms with Crippen LogP contribution in [0.15, 0.2) is 42.7 Å². The topological polar surface area (TPSA) is 97.2 Å². The molecule has 0 aliphatic carbocycles. The van der Waals surface area contributed by atoms with E-state index in [2.05, 4.69) is 15.6 Å². The number of nitro benzene ring substituents is 1. The molecule has 2 aromatic rings. The molecule has 0 unspecified atom stereocenters. The highest BCUT2D eigenvalue weighted by Crippen LogP contribution is 2.34. The fourth-order valence-corrected chi connectivity index (χ4v) is 2.11. The minimum atomic E-state index is -4.67. The van der Waals surface area contributed by atoms with Crippen LogP contribution in [0.3, 0.4) is 0 Å². The van der Waals surface area contributed by atoms with Crippen molar-refractivity contribution < 1.29 is 22.9 Å². The average Bonchev–Trinajstić information content (AvgIpc) is 2.60. The van der Waals surface area contributed by atoms with E-state index in [9.17, 15) is 28.1 Å². The number of nitro groups is 1. The lowest BCUT2D eigenvalue weighted by molar-refractivity contribution is -0.384. The fraction of sp³-hybridized carbons (Fsp3) is 0.250. The minimum absolute atomic E-state index is 0.00323. The molecule has 1 aromatic heterocycles. The molecule has 0 saturated heterocycles. The maximum Gasteiger partial charge on any atom is 0.416 e. The van der Waals surface area contributed by atoms with Crippen molar-refractivity contribution >= 4 is 17.3 Å². The molecule has 1 amide bonds. The zero-order valence-electron chi connectivity index (χ0n) is 13.4. The van der Waals surface area contributed by atoms with Gasteiger partial charge in [-0.05, 0) is 29.8 Å². The van der Waals surface area contributed by atoms with E-state index in [1.807, 2.05) is 0 Å². The third-order valence-electron chi connectivity index (χ3n) is 3.43. The van der Waals surface area contributed by atoms with Crippen molar-refractivity contribution in [3.63, 3.8) is 0 Å². The van der Waals surface area contributed by atoms with Crippen molar-refractivity contribution in [3.05, 3.63) is 64.0 Å². The number of anilines is 1. The van der Waals surface area contributed by atoms with Crippen LogP contribution in [-0.4, -0.2) is 22.4 Å². The molecule has 0 fully saturated rings. The lowest BCUT2D eigenvalue weighted by atomic mass is 10.1. The quantitative estimate of drug-likeness (QED) is 0.578. The Balaban J connectivity index is 1.90. The summed E-state index contributed by atoms with van der Waals surface area (Å²) in [6.07, 6.45) is -1.49. The highest BCUT2D eigenvalue weighted by Gasteiger charge is 2.33. The van der Waals surface area contributed by atoms with Crippen molar-refractivity contribution in [2.45, 2.75) is 19.1 Å². The number of alkyl halides is 3. The van der Waals surface area contributed by atoms with E-state index < -0.39 is 22.4 Å². The summed E-state index contributed by atoms with van der Waals surface area (Å²) in [6.45, 7) is 0.343. The molecule has 0 aliphatic rings. The Morgan fingerprint density at radius 3 is 2.50 bits per heavy atom. The molecule has 0 atom stereocenters. The molecule has 0 bridgehead atoms. The predicted molar refractivity (Wildman–Crippen MR) is 87.3 cm³/mol. The number of hydrogen-bond donors (Lipinski definition) is 2. The Kier molecular flexibility index (Phi) is 6.10. The number of carbonyl (C=O) groups is 1. The third kappa shape index (κ3) is 5.43. The normalized spacial score (nSPS) is 11.0. The van der Waals surface area contributed by atoms with Gasteiger partial charge in [-0.3, -0.25) is 19.9 Å². The Morgan fingerprint density at radius 1 is 1.19 bits per heavy atom. The van der Waals surface area contributed by atoms with Crippen LogP contribution < -0.4 is 10.6 Å². The van der Waals surface area contributed by atoms with Crippen molar-refractivity contribution in [2.75, 3.05) is 11.9 Å². The molecule has 0 saturated carbocycles. The van der Waals surface area contributed by atoms with Gasteiger partial charge in [-0.25, -0.2) is 0 Å². The highest BCUT2D eigenvalue weighted by molar-refractivity contribution is 5.76. The van der Waals surface area contributed by atoms with Gasteiger partial charge < -0.3 is 10.6 Å². The first-order valence-electron chi connectivity index (χ1n) is 7.52. The molecule has 1 heterocycles. The Labute approximate surface area is 146 Å². The van der Waals surface area contributed by atoms with Crippen LogP contribution in [0.4, 0.5) is 24.5 Å². The Bertz CT molecular complexity index is 782. The van der Waals surface area contributed by atoms with Gasteiger partial charge in [0, 0.05) is 38.0 Å². The molecule has 7 nitrogen and oxygen atoms in total. The SMILES string of the molecule is O=C(CCNc1ccc(C(F)(F)F)cc1[N+](=O)[O-])NCc1ccncc1. The van der Waals surface area contributed by atoms with E-state index in [4.69, 9.17) is 0 Å². The molecule has 138 valence electrons. The van der Waals surface area contributed by atoms with Crippen LogP contribution in [0.2, 0.25) is 0 Å². The number of amides is 1. The first-order chi connectivity index (χ1) is 12.3. The number of hydrogen-bond acceptors (Lipinski definition) is 5. The molecule has 0 aliphatic heterocycles. The predicted octanol–water partition coefficient (Wildman–Crippen LogP) is 3.13. The average molecular weight is 368 g/mol. The maximum atomic E-state index is 12.6. The summed E-state index contributed by atoms with van der Waals surface area (Å²) in [5.41, 5.74) is -1.02. The largest absolute Gasteiger partial charge is 0.416 e. The molecule has 26 heavy (non-hydrogen) atoms. The van der Waals surface area contributed by atoms with Gasteiger partial charge >= 0.3 is 6.18 Å². The van der Waals surface area contributed by atoms with Gasteiger partial charge in [-0.15, -0.1) is 0 Å². The van der Waals surface area contributed by atoms with Crippen LogP contribution >= 0.6 is 0 Å². The van der Waals surface area contributed by atoms with Crippen molar-refractivity contribution in [3.8, 4) is 0 Å². The number of aromatic nitrogens is 1. The monoisotopic (exact) mass is 368 g/mol. The van der Waals surface area contributed by atoms with E-state index in [0.717, 1.165) is 17.7 Å². The number of benzene rings is 1. The van der Waals surface area contributed by atoms with Gasteiger partial charge in [0.2, 0.25) is 5.91 Å². The molecule has 0 spiro atoms. The summed E-state index contributed by atoms with van der Waals surface area (Å²) in [4.78, 5) is 25.7. The van der Waals surface area contributed by atoms with Crippen molar-refractivity contribution in [1.82, 2.24) is 10.3 Å². The van der Waals surface area contributed by atoms with E-state index in [1.165, 1.54) is 0 Å². The summed E-state index contributed by atoms with van der Waals surface area (Å²) in [5, 5.41) is 16.3. The fourth-order valence-electron chi connectivity index (χ4n) is 2.11. The van der Waals surface area contributed by atoms with Gasteiger partial charge in [0.1, 0.15) is 5.69 Å². The Hall–Kier alpha value is -3.17. The van der Waals surface area contributed by atoms with E-state index in [-0.39, 0.29) is 24.6 Å². The number of halogens is 3. The second-order valence-electron chi connectivity index (χ2n) is 5.30. The van der Waals surface area contributed by atoms with Crippen molar-refractivity contribution in [2.24, 2.45) is 0 Å². The van der Waals surface area contributed by atoms with Gasteiger partial charge in [0.15, 0.2) is 0 Å². The summed E-state index contributed by atoms with van der Waals surface area (Å²) >= 11 is 0. The van der Waals surface area contributed by atoms with E-state index in [1.54, 1.807) is 24.5 Å². The first-order valence-corrected chi connectivity index (χ1v) is 7.52. The number of nitrogens with zero attached hydrogens (tertiary/aromatic N) is 2. The second kappa shape index (κ2) is 8.28. The number of nitrogens with one attached hydrogen (secondary N) is 2. The molecular formula is C16H15F3N4O3. The molecular weight excluding hydrogens is 353 g/mol. The molecule has 1 aromatic carbocycles. The van der Waals surface area contributed by atoms with Gasteiger partial charge in [-0.2, -0.15) is 13.2 Å². The van der Waals surface area contributed by atoms with Gasteiger partial charge in [0.25, 0.3) is 5.69 Å². The summed E-state index contributed by atoms with van der Waals surface area (Å²) < 4.78 is 37.9. The first kappa shape index (κ1) is 19.2. The standard InChI is InChI=1S/C16H15F3N4O3/c17-16(18,19)12-1-2-13(14(9-12)23(25)26)21-8-5-15(24)22-10-11-3-6-20-7-4-11/h1-4,6-7,9,21H,5,8,10H2,(H,22,24). The van der Waals surface area contributed by atoms with Gasteiger partial charge in [0.05, 0.1) is 10.5 Å². The molecule has 10 heteroatoms. The molecule has 0 radical (unpaired) electrons. The number of carbonyl (C=O) groups excluding carboxylic acids is 1. The zero-order valence-corrected chi connectivity index (χ0v) is 13.4. The Morgan fingerprint density at radius 2 is 1.88 bits per heavy atom. The smallest absolute Gasteiger partial charge is 0.379 e. The lowest BCUT2D eigenvalue weighted by Crippen LogP contribution is -2.25. The second-order valence-corrected chi connectivity index (χ2v) is 5.30. The summed E-state index contributed by atoms with van der Waals surface area (Å²) in [7, 11) is 0. The third-order valence-corrected chi connectivity index (χ3v) is 3.43.